The number of anilines is 1. The van der Waals surface area contributed by atoms with E-state index < -0.39 is 26.8 Å². The van der Waals surface area contributed by atoms with Crippen molar-refractivity contribution in [2.45, 2.75) is 37.0 Å². The molecular formula is C19H22ClFN2O3S. The number of hydrogen-bond acceptors (Lipinski definition) is 4. The third kappa shape index (κ3) is 4.15. The van der Waals surface area contributed by atoms with E-state index in [1.165, 1.54) is 18.2 Å². The molecule has 5 nitrogen and oxygen atoms in total. The molecule has 1 aliphatic rings. The summed E-state index contributed by atoms with van der Waals surface area (Å²) in [5, 5.41) is 5.03. The highest BCUT2D eigenvalue weighted by atomic mass is 35.5. The van der Waals surface area contributed by atoms with E-state index in [0.29, 0.717) is 25.1 Å². The van der Waals surface area contributed by atoms with Gasteiger partial charge in [0.25, 0.3) is 5.91 Å². The highest BCUT2D eigenvalue weighted by Gasteiger charge is 2.26. The second kappa shape index (κ2) is 8.37. The van der Waals surface area contributed by atoms with Crippen LogP contribution in [0.1, 0.15) is 35.3 Å². The second-order valence-corrected chi connectivity index (χ2v) is 9.01. The fourth-order valence-corrected chi connectivity index (χ4v) is 4.22. The minimum Gasteiger partial charge on any atom is -0.319 e. The lowest BCUT2D eigenvalue weighted by Crippen LogP contribution is -2.25. The number of sulfone groups is 1. The zero-order valence-corrected chi connectivity index (χ0v) is 16.7. The predicted molar refractivity (Wildman–Crippen MR) is 106 cm³/mol. The molecule has 8 heteroatoms. The summed E-state index contributed by atoms with van der Waals surface area (Å²) in [4.78, 5) is 12.6. The lowest BCUT2D eigenvalue weighted by Gasteiger charge is -2.19. The summed E-state index contributed by atoms with van der Waals surface area (Å²) >= 11 is 0. The number of rotatable bonds is 4. The summed E-state index contributed by atoms with van der Waals surface area (Å²) in [5.74, 6) is -1.10. The molecule has 0 saturated carbocycles. The van der Waals surface area contributed by atoms with Crippen molar-refractivity contribution in [3.8, 4) is 0 Å². The third-order valence-corrected chi connectivity index (χ3v) is 6.72. The minimum absolute atomic E-state index is 0. The third-order valence-electron chi connectivity index (χ3n) is 4.51. The van der Waals surface area contributed by atoms with Crippen molar-refractivity contribution in [3.05, 3.63) is 58.9 Å². The van der Waals surface area contributed by atoms with Gasteiger partial charge in [-0.3, -0.25) is 4.79 Å². The summed E-state index contributed by atoms with van der Waals surface area (Å²) < 4.78 is 39.7. The molecule has 1 aliphatic heterocycles. The van der Waals surface area contributed by atoms with E-state index in [2.05, 4.69) is 10.6 Å². The Morgan fingerprint density at radius 3 is 2.59 bits per heavy atom. The van der Waals surface area contributed by atoms with Gasteiger partial charge in [-0.25, -0.2) is 12.8 Å². The largest absolute Gasteiger partial charge is 0.319 e. The van der Waals surface area contributed by atoms with Crippen LogP contribution >= 0.6 is 12.4 Å². The Balaban J connectivity index is 0.00000261. The van der Waals surface area contributed by atoms with Crippen molar-refractivity contribution >= 4 is 33.8 Å². The molecule has 27 heavy (non-hydrogen) atoms. The summed E-state index contributed by atoms with van der Waals surface area (Å²) in [6, 6.07) is 9.28. The van der Waals surface area contributed by atoms with Gasteiger partial charge in [-0.2, -0.15) is 0 Å². The van der Waals surface area contributed by atoms with Crippen LogP contribution in [-0.4, -0.2) is 26.1 Å². The van der Waals surface area contributed by atoms with Gasteiger partial charge >= 0.3 is 0 Å². The van der Waals surface area contributed by atoms with Crippen molar-refractivity contribution < 1.29 is 17.6 Å². The molecule has 2 aromatic carbocycles. The van der Waals surface area contributed by atoms with Crippen LogP contribution in [0.15, 0.2) is 41.3 Å². The molecule has 0 fully saturated rings. The number of amides is 1. The number of benzene rings is 2. The summed E-state index contributed by atoms with van der Waals surface area (Å²) in [7, 11) is -3.63. The molecule has 1 heterocycles. The smallest absolute Gasteiger partial charge is 0.257 e. The normalized spacial score (nSPS) is 13.6. The van der Waals surface area contributed by atoms with Gasteiger partial charge in [0.05, 0.1) is 21.4 Å². The number of carbonyl (C=O) groups is 1. The van der Waals surface area contributed by atoms with E-state index in [1.807, 2.05) is 0 Å². The number of carbonyl (C=O) groups excluding carboxylic acids is 1. The Hall–Kier alpha value is -1.96. The molecule has 0 radical (unpaired) electrons. The second-order valence-electron chi connectivity index (χ2n) is 6.54. The Bertz CT molecular complexity index is 961. The first-order valence-corrected chi connectivity index (χ1v) is 10.0. The van der Waals surface area contributed by atoms with Crippen LogP contribution in [0.3, 0.4) is 0 Å². The van der Waals surface area contributed by atoms with Crippen LogP contribution in [0.4, 0.5) is 10.1 Å². The van der Waals surface area contributed by atoms with Crippen LogP contribution in [0, 0.1) is 5.82 Å². The maximum atomic E-state index is 14.7. The van der Waals surface area contributed by atoms with Crippen LogP contribution in [-0.2, 0) is 22.8 Å². The molecule has 0 aliphatic carbocycles. The molecule has 3 rings (SSSR count). The summed E-state index contributed by atoms with van der Waals surface area (Å²) in [6.07, 6.45) is 0.545. The minimum atomic E-state index is -3.63. The molecule has 1 amide bonds. The maximum Gasteiger partial charge on any atom is 0.257 e. The van der Waals surface area contributed by atoms with Crippen molar-refractivity contribution in [2.75, 3.05) is 11.9 Å². The van der Waals surface area contributed by atoms with Gasteiger partial charge in [-0.15, -0.1) is 12.4 Å². The predicted octanol–water partition coefficient (Wildman–Crippen LogP) is 3.33. The summed E-state index contributed by atoms with van der Waals surface area (Å²) in [5.41, 5.74) is 1.53. The number of halogens is 2. The van der Waals surface area contributed by atoms with E-state index in [-0.39, 0.29) is 28.6 Å². The van der Waals surface area contributed by atoms with E-state index in [4.69, 9.17) is 0 Å². The Morgan fingerprint density at radius 2 is 1.89 bits per heavy atom. The topological polar surface area (TPSA) is 75.3 Å². The molecule has 0 aromatic heterocycles. The molecule has 0 unspecified atom stereocenters. The lowest BCUT2D eigenvalue weighted by molar-refractivity contribution is 0.102. The average Bonchev–Trinajstić information content (AvgIpc) is 2.64. The summed E-state index contributed by atoms with van der Waals surface area (Å²) in [6.45, 7) is 4.38. The van der Waals surface area contributed by atoms with Crippen LogP contribution in [0.5, 0.6) is 0 Å². The highest BCUT2D eigenvalue weighted by Crippen LogP contribution is 2.26. The molecule has 0 atom stereocenters. The van der Waals surface area contributed by atoms with E-state index >= 15 is 0 Å². The number of nitrogens with one attached hydrogen (secondary N) is 2. The SMILES string of the molecule is CC(C)S(=O)(=O)c1ccccc1C(=O)Nc1ccc2c(c1F)CCNC2.Cl. The highest BCUT2D eigenvalue weighted by molar-refractivity contribution is 7.92. The average molecular weight is 413 g/mol. The molecule has 2 aromatic rings. The van der Waals surface area contributed by atoms with Crippen molar-refractivity contribution in [2.24, 2.45) is 0 Å². The van der Waals surface area contributed by atoms with Gasteiger partial charge in [-0.05, 0) is 56.1 Å². The van der Waals surface area contributed by atoms with Crippen LogP contribution < -0.4 is 10.6 Å². The Labute approximate surface area is 164 Å². The zero-order valence-electron chi connectivity index (χ0n) is 15.1. The molecule has 0 spiro atoms. The van der Waals surface area contributed by atoms with E-state index in [9.17, 15) is 17.6 Å². The van der Waals surface area contributed by atoms with Crippen molar-refractivity contribution in [1.82, 2.24) is 5.32 Å². The zero-order chi connectivity index (χ0) is 18.9. The molecular weight excluding hydrogens is 391 g/mol. The first kappa shape index (κ1) is 21.3. The van der Waals surface area contributed by atoms with Crippen LogP contribution in [0.2, 0.25) is 0 Å². The number of hydrogen-bond donors (Lipinski definition) is 2. The lowest BCUT2D eigenvalue weighted by atomic mass is 9.99. The van der Waals surface area contributed by atoms with Gasteiger partial charge in [0.2, 0.25) is 0 Å². The first-order valence-electron chi connectivity index (χ1n) is 8.47. The van der Waals surface area contributed by atoms with Gasteiger partial charge in [0, 0.05) is 6.54 Å². The fraction of sp³-hybridized carbons (Fsp3) is 0.316. The quantitative estimate of drug-likeness (QED) is 0.807. The van der Waals surface area contributed by atoms with E-state index in [0.717, 1.165) is 5.56 Å². The van der Waals surface area contributed by atoms with Gasteiger partial charge in [-0.1, -0.05) is 18.2 Å². The molecule has 146 valence electrons. The van der Waals surface area contributed by atoms with Gasteiger partial charge in [0.1, 0.15) is 5.82 Å². The van der Waals surface area contributed by atoms with Crippen molar-refractivity contribution in [3.63, 3.8) is 0 Å². The van der Waals surface area contributed by atoms with E-state index in [1.54, 1.807) is 32.0 Å². The fourth-order valence-electron chi connectivity index (χ4n) is 2.98. The standard InChI is InChI=1S/C19H21FN2O3S.ClH/c1-12(2)26(24,25)17-6-4-3-5-15(17)19(23)22-16-8-7-13-11-21-10-9-14(13)18(16)20;/h3-8,12,21H,9-11H2,1-2H3,(H,22,23);1H. The molecule has 0 bridgehead atoms. The maximum absolute atomic E-state index is 14.7. The number of fused-ring (bicyclic) bond motifs is 1. The van der Waals surface area contributed by atoms with Crippen LogP contribution in [0.25, 0.3) is 0 Å². The first-order chi connectivity index (χ1) is 12.3. The van der Waals surface area contributed by atoms with Crippen molar-refractivity contribution in [1.29, 1.82) is 0 Å². The van der Waals surface area contributed by atoms with Gasteiger partial charge < -0.3 is 10.6 Å². The molecule has 2 N–H and O–H groups in total. The van der Waals surface area contributed by atoms with Gasteiger partial charge in [0.15, 0.2) is 9.84 Å². The monoisotopic (exact) mass is 412 g/mol. The Kier molecular flexibility index (Phi) is 6.62. The molecule has 0 saturated heterocycles. The Morgan fingerprint density at radius 1 is 1.19 bits per heavy atom.